The van der Waals surface area contributed by atoms with Crippen LogP contribution in [0.2, 0.25) is 0 Å². The molecule has 9 heteroatoms. The van der Waals surface area contributed by atoms with Gasteiger partial charge in [0.05, 0.1) is 0 Å². The molecule has 5 nitrogen and oxygen atoms in total. The average Bonchev–Trinajstić information content (AvgIpc) is 3.17. The van der Waals surface area contributed by atoms with E-state index in [0.717, 1.165) is 5.56 Å². The van der Waals surface area contributed by atoms with Crippen LogP contribution >= 0.6 is 0 Å². The summed E-state index contributed by atoms with van der Waals surface area (Å²) in [6.45, 7) is 6.25. The second-order valence-corrected chi connectivity index (χ2v) is 7.59. The molecular weight excluding hydrogens is 402 g/mol. The van der Waals surface area contributed by atoms with Gasteiger partial charge in [-0.1, -0.05) is 32.9 Å². The molecule has 158 valence electrons. The number of carbonyl (C=O) groups is 1. The predicted octanol–water partition coefficient (Wildman–Crippen LogP) is 5.03. The third-order valence-corrected chi connectivity index (χ3v) is 4.31. The Kier molecular flexibility index (Phi) is 5.82. The van der Waals surface area contributed by atoms with Crippen molar-refractivity contribution in [1.82, 2.24) is 9.78 Å². The maximum atomic E-state index is 13.7. The molecule has 0 aliphatic carbocycles. The van der Waals surface area contributed by atoms with Gasteiger partial charge in [0, 0.05) is 12.3 Å². The highest BCUT2D eigenvalue weighted by Crippen LogP contribution is 2.25. The highest BCUT2D eigenvalue weighted by Gasteiger charge is 2.22. The molecule has 0 aliphatic heterocycles. The molecule has 0 bridgehead atoms. The van der Waals surface area contributed by atoms with Gasteiger partial charge in [-0.15, -0.1) is 0 Å². The van der Waals surface area contributed by atoms with Gasteiger partial charge in [0.1, 0.15) is 11.4 Å². The minimum atomic E-state index is -1.70. The van der Waals surface area contributed by atoms with E-state index in [0.29, 0.717) is 5.75 Å². The van der Waals surface area contributed by atoms with Crippen molar-refractivity contribution in [2.24, 2.45) is 0 Å². The van der Waals surface area contributed by atoms with Crippen LogP contribution in [0.4, 0.5) is 23.2 Å². The fourth-order valence-corrected chi connectivity index (χ4v) is 2.61. The van der Waals surface area contributed by atoms with Crippen molar-refractivity contribution in [2.45, 2.75) is 32.9 Å². The number of hydrogen-bond donors (Lipinski definition) is 1. The number of nitrogens with zero attached hydrogens (tertiary/aromatic N) is 2. The quantitative estimate of drug-likeness (QED) is 0.465. The van der Waals surface area contributed by atoms with E-state index in [1.165, 1.54) is 16.9 Å². The fraction of sp³-hybridized carbons (Fsp3) is 0.238. The van der Waals surface area contributed by atoms with Crippen LogP contribution in [0.1, 0.15) is 36.8 Å². The first-order chi connectivity index (χ1) is 14.1. The molecule has 1 aromatic heterocycles. The summed E-state index contributed by atoms with van der Waals surface area (Å²) in [6, 6.07) is 8.83. The molecule has 0 atom stereocenters. The molecule has 0 saturated carbocycles. The fourth-order valence-electron chi connectivity index (χ4n) is 2.61. The summed E-state index contributed by atoms with van der Waals surface area (Å²) in [5.74, 6) is -7.11. The molecule has 3 rings (SSSR count). The third kappa shape index (κ3) is 4.61. The zero-order valence-corrected chi connectivity index (χ0v) is 16.5. The number of benzene rings is 2. The van der Waals surface area contributed by atoms with Crippen molar-refractivity contribution < 1.29 is 27.1 Å². The summed E-state index contributed by atoms with van der Waals surface area (Å²) in [4.78, 5) is 12.2. The van der Waals surface area contributed by atoms with Gasteiger partial charge >= 0.3 is 0 Å². The number of anilines is 1. The number of carbonyl (C=O) groups excluding carboxylic acids is 1. The summed E-state index contributed by atoms with van der Waals surface area (Å²) < 4.78 is 60.8. The van der Waals surface area contributed by atoms with Gasteiger partial charge < -0.3 is 10.1 Å². The van der Waals surface area contributed by atoms with Crippen LogP contribution in [0.15, 0.2) is 42.6 Å². The summed E-state index contributed by atoms with van der Waals surface area (Å²) >= 11 is 0. The molecule has 1 amide bonds. The first-order valence-corrected chi connectivity index (χ1v) is 8.97. The minimum absolute atomic E-state index is 0.00626. The van der Waals surface area contributed by atoms with Gasteiger partial charge in [0.25, 0.3) is 5.91 Å². The molecule has 0 unspecified atom stereocenters. The monoisotopic (exact) mass is 421 g/mol. The Morgan fingerprint density at radius 2 is 1.63 bits per heavy atom. The maximum Gasteiger partial charge on any atom is 0.276 e. The lowest BCUT2D eigenvalue weighted by atomic mass is 9.87. The Balaban J connectivity index is 1.66. The molecule has 30 heavy (non-hydrogen) atoms. The molecule has 0 saturated heterocycles. The Morgan fingerprint density at radius 1 is 1.03 bits per heavy atom. The Morgan fingerprint density at radius 3 is 2.20 bits per heavy atom. The van der Waals surface area contributed by atoms with Crippen LogP contribution in [0, 0.1) is 23.3 Å². The van der Waals surface area contributed by atoms with Crippen molar-refractivity contribution in [3.05, 3.63) is 77.1 Å². The van der Waals surface area contributed by atoms with Gasteiger partial charge in [-0.3, -0.25) is 4.79 Å². The number of nitrogens with one attached hydrogen (secondary N) is 1. The van der Waals surface area contributed by atoms with Crippen LogP contribution in [-0.4, -0.2) is 15.7 Å². The highest BCUT2D eigenvalue weighted by atomic mass is 19.2. The zero-order valence-electron chi connectivity index (χ0n) is 16.5. The van der Waals surface area contributed by atoms with Gasteiger partial charge in [0.15, 0.2) is 35.7 Å². The Labute approximate surface area is 170 Å². The number of rotatable bonds is 5. The molecule has 3 aromatic rings. The topological polar surface area (TPSA) is 56.1 Å². The number of amides is 1. The van der Waals surface area contributed by atoms with Crippen molar-refractivity contribution >= 4 is 11.6 Å². The molecule has 0 radical (unpaired) electrons. The van der Waals surface area contributed by atoms with E-state index in [1.807, 2.05) is 24.3 Å². The van der Waals surface area contributed by atoms with E-state index in [1.54, 1.807) is 5.32 Å². The highest BCUT2D eigenvalue weighted by molar-refractivity contribution is 6.02. The lowest BCUT2D eigenvalue weighted by molar-refractivity contribution is 0.101. The molecule has 1 heterocycles. The zero-order chi connectivity index (χ0) is 22.1. The first-order valence-electron chi connectivity index (χ1n) is 8.97. The number of hydrogen-bond acceptors (Lipinski definition) is 3. The summed E-state index contributed by atoms with van der Waals surface area (Å²) in [7, 11) is 0. The van der Waals surface area contributed by atoms with Crippen molar-refractivity contribution in [3.8, 4) is 5.75 Å². The van der Waals surface area contributed by atoms with Crippen LogP contribution in [0.3, 0.4) is 0 Å². The summed E-state index contributed by atoms with van der Waals surface area (Å²) in [5, 5.41) is 5.73. The number of aromatic nitrogens is 2. The van der Waals surface area contributed by atoms with Crippen molar-refractivity contribution in [1.29, 1.82) is 0 Å². The third-order valence-electron chi connectivity index (χ3n) is 4.31. The second kappa shape index (κ2) is 8.17. The first kappa shape index (κ1) is 21.4. The largest absolute Gasteiger partial charge is 0.471 e. The van der Waals surface area contributed by atoms with Crippen LogP contribution in [0.5, 0.6) is 5.75 Å². The average molecular weight is 421 g/mol. The number of ether oxygens (including phenoxy) is 1. The SMILES string of the molecule is CC(C)(C)c1ccc(OCn2ccc(C(=O)Nc3c(F)c(F)cc(F)c3F)n2)cc1. The lowest BCUT2D eigenvalue weighted by Crippen LogP contribution is -2.17. The van der Waals surface area contributed by atoms with Gasteiger partial charge in [0.2, 0.25) is 0 Å². The van der Waals surface area contributed by atoms with E-state index < -0.39 is 34.9 Å². The maximum absolute atomic E-state index is 13.7. The molecule has 0 fully saturated rings. The van der Waals surface area contributed by atoms with E-state index >= 15 is 0 Å². The van der Waals surface area contributed by atoms with E-state index in [2.05, 4.69) is 25.9 Å². The summed E-state index contributed by atoms with van der Waals surface area (Å²) in [6.07, 6.45) is 1.41. The number of halogens is 4. The van der Waals surface area contributed by atoms with E-state index in [-0.39, 0.29) is 23.9 Å². The molecule has 0 aliphatic rings. The molecular formula is C21H19F4N3O2. The molecule has 2 aromatic carbocycles. The normalized spacial score (nSPS) is 11.4. The predicted molar refractivity (Wildman–Crippen MR) is 102 cm³/mol. The minimum Gasteiger partial charge on any atom is -0.471 e. The summed E-state index contributed by atoms with van der Waals surface area (Å²) in [5.41, 5.74) is -0.291. The van der Waals surface area contributed by atoms with Crippen LogP contribution in [0.25, 0.3) is 0 Å². The van der Waals surface area contributed by atoms with Crippen LogP contribution < -0.4 is 10.1 Å². The van der Waals surface area contributed by atoms with Gasteiger partial charge in [-0.05, 0) is 29.2 Å². The molecule has 1 N–H and O–H groups in total. The smallest absolute Gasteiger partial charge is 0.276 e. The van der Waals surface area contributed by atoms with Crippen molar-refractivity contribution in [3.63, 3.8) is 0 Å². The van der Waals surface area contributed by atoms with Crippen molar-refractivity contribution in [2.75, 3.05) is 5.32 Å². The Bertz CT molecular complexity index is 1050. The standard InChI is InChI=1S/C21H19F4N3O2/c1-21(2,3)12-4-6-13(7-5-12)30-11-28-9-8-16(27-28)20(29)26-19-17(24)14(22)10-15(23)18(19)25/h4-10H,11H2,1-3H3,(H,26,29). The lowest BCUT2D eigenvalue weighted by Gasteiger charge is -2.19. The van der Waals surface area contributed by atoms with Gasteiger partial charge in [-0.25, -0.2) is 22.2 Å². The van der Waals surface area contributed by atoms with Crippen LogP contribution in [-0.2, 0) is 12.1 Å². The van der Waals surface area contributed by atoms with E-state index in [4.69, 9.17) is 4.74 Å². The Hall–Kier alpha value is -3.36. The van der Waals surface area contributed by atoms with E-state index in [9.17, 15) is 22.4 Å². The molecule has 0 spiro atoms. The van der Waals surface area contributed by atoms with Gasteiger partial charge in [-0.2, -0.15) is 5.10 Å². The second-order valence-electron chi connectivity index (χ2n) is 7.59.